The lowest BCUT2D eigenvalue weighted by Crippen LogP contribution is -2.46. The minimum absolute atomic E-state index is 0.00125. The first kappa shape index (κ1) is 28.3. The van der Waals surface area contributed by atoms with Gasteiger partial charge in [-0.1, -0.05) is 6.07 Å². The normalized spacial score (nSPS) is 14.9. The number of carbonyl (C=O) groups excluding carboxylic acids is 2. The molecule has 1 aromatic heterocycles. The van der Waals surface area contributed by atoms with Crippen LogP contribution < -0.4 is 16.2 Å². The Bertz CT molecular complexity index is 1480. The van der Waals surface area contributed by atoms with Gasteiger partial charge in [0, 0.05) is 12.5 Å². The summed E-state index contributed by atoms with van der Waals surface area (Å²) in [5, 5.41) is 20.4. The molecule has 1 heterocycles. The molecule has 40 heavy (non-hydrogen) atoms. The fourth-order valence-electron chi connectivity index (χ4n) is 4.53. The molecule has 4 rings (SSSR count). The number of guanidine groups is 1. The van der Waals surface area contributed by atoms with Crippen LogP contribution in [0.1, 0.15) is 50.1 Å². The van der Waals surface area contributed by atoms with E-state index in [2.05, 4.69) is 4.99 Å². The lowest BCUT2D eigenvalue weighted by Gasteiger charge is -2.32. The van der Waals surface area contributed by atoms with E-state index in [4.69, 9.17) is 16.2 Å². The predicted molar refractivity (Wildman–Crippen MR) is 148 cm³/mol. The molecule has 0 saturated heterocycles. The Balaban J connectivity index is 1.44. The van der Waals surface area contributed by atoms with Gasteiger partial charge in [-0.15, -0.1) is 11.3 Å². The van der Waals surface area contributed by atoms with E-state index in [1.54, 1.807) is 41.8 Å². The van der Waals surface area contributed by atoms with Crippen LogP contribution in [0.4, 0.5) is 5.69 Å². The number of carbonyl (C=O) groups is 4. The highest BCUT2D eigenvalue weighted by Crippen LogP contribution is 2.31. The first-order chi connectivity index (χ1) is 19.0. The Morgan fingerprint density at radius 2 is 1.80 bits per heavy atom. The number of carboxylic acids is 2. The molecule has 2 atom stereocenters. The van der Waals surface area contributed by atoms with Gasteiger partial charge in [-0.2, -0.15) is 0 Å². The summed E-state index contributed by atoms with van der Waals surface area (Å²) >= 11 is 1.03. The molecule has 0 aliphatic heterocycles. The molecule has 1 aliphatic rings. The number of fused-ring (bicyclic) bond motifs is 1. The molecule has 2 aromatic carbocycles. The molecule has 0 spiro atoms. The molecule has 3 aromatic rings. The zero-order chi connectivity index (χ0) is 29.0. The number of aromatic carboxylic acids is 1. The fraction of sp³-hybridized carbons (Fsp3) is 0.250. The van der Waals surface area contributed by atoms with Crippen LogP contribution in [-0.4, -0.2) is 50.9 Å². The highest BCUT2D eigenvalue weighted by Gasteiger charge is 2.33. The van der Waals surface area contributed by atoms with Gasteiger partial charge in [0.25, 0.3) is 0 Å². The largest absolute Gasteiger partial charge is 0.480 e. The minimum atomic E-state index is -1.14. The number of benzene rings is 2. The maximum atomic E-state index is 13.5. The Labute approximate surface area is 233 Å². The van der Waals surface area contributed by atoms with E-state index in [-0.39, 0.29) is 23.3 Å². The number of aliphatic carboxylic acids is 1. The van der Waals surface area contributed by atoms with Gasteiger partial charge in [0.2, 0.25) is 5.91 Å². The smallest absolute Gasteiger partial charge is 0.345 e. The third kappa shape index (κ3) is 6.64. The summed E-state index contributed by atoms with van der Waals surface area (Å²) in [6.45, 7) is 1.44. The predicted octanol–water partition coefficient (Wildman–Crippen LogP) is 3.18. The molecule has 1 unspecified atom stereocenters. The zero-order valence-electron chi connectivity index (χ0n) is 21.6. The lowest BCUT2D eigenvalue weighted by atomic mass is 9.82. The van der Waals surface area contributed by atoms with Crippen LogP contribution in [0.15, 0.2) is 58.9 Å². The maximum absolute atomic E-state index is 13.5. The summed E-state index contributed by atoms with van der Waals surface area (Å²) in [6, 6.07) is 11.9. The molecule has 0 fully saturated rings. The number of hydrogen-bond donors (Lipinski definition) is 4. The van der Waals surface area contributed by atoms with Gasteiger partial charge in [-0.3, -0.25) is 4.79 Å². The maximum Gasteiger partial charge on any atom is 0.345 e. The van der Waals surface area contributed by atoms with Gasteiger partial charge in [0.15, 0.2) is 5.96 Å². The summed E-state index contributed by atoms with van der Waals surface area (Å²) in [5.41, 5.74) is 14.0. The van der Waals surface area contributed by atoms with E-state index in [0.29, 0.717) is 41.8 Å². The Morgan fingerprint density at radius 1 is 1.07 bits per heavy atom. The Kier molecular flexibility index (Phi) is 8.49. The van der Waals surface area contributed by atoms with Crippen molar-refractivity contribution in [3.63, 3.8) is 0 Å². The monoisotopic (exact) mass is 564 g/mol. The van der Waals surface area contributed by atoms with Crippen molar-refractivity contribution in [1.29, 1.82) is 0 Å². The minimum Gasteiger partial charge on any atom is -0.480 e. The zero-order valence-corrected chi connectivity index (χ0v) is 22.4. The quantitative estimate of drug-likeness (QED) is 0.131. The average molecular weight is 565 g/mol. The first-order valence-electron chi connectivity index (χ1n) is 12.4. The number of thiophene rings is 1. The van der Waals surface area contributed by atoms with Crippen molar-refractivity contribution in [2.24, 2.45) is 22.4 Å². The third-order valence-corrected chi connectivity index (χ3v) is 7.62. The van der Waals surface area contributed by atoms with Crippen molar-refractivity contribution in [3.05, 3.63) is 81.0 Å². The van der Waals surface area contributed by atoms with Crippen molar-refractivity contribution in [1.82, 2.24) is 4.90 Å². The molecule has 0 bridgehead atoms. The standard InChI is InChI=1S/C28H28N4O7S/c1-15(25(34)35)32(13-16-10-23(26(36)37)40-14-16)24(33)20-3-2-19-12-22(9-6-18(19)11-20)39-27(38)17-4-7-21(8-5-17)31-28(29)30/h4-10,12,14-15,20H,2-3,11,13H2,1H3,(H,34,35)(H,36,37)(H4,29,30,31)/t15-,20?/m1/s1. The number of aliphatic imine (C=N–C) groups is 1. The second-order valence-corrected chi connectivity index (χ2v) is 10.4. The van der Waals surface area contributed by atoms with E-state index in [1.165, 1.54) is 17.9 Å². The molecule has 208 valence electrons. The average Bonchev–Trinajstić information content (AvgIpc) is 3.40. The third-order valence-electron chi connectivity index (χ3n) is 6.65. The first-order valence-corrected chi connectivity index (χ1v) is 13.3. The highest BCUT2D eigenvalue weighted by molar-refractivity contribution is 7.12. The van der Waals surface area contributed by atoms with E-state index >= 15 is 0 Å². The summed E-state index contributed by atoms with van der Waals surface area (Å²) < 4.78 is 5.54. The Morgan fingerprint density at radius 3 is 2.42 bits per heavy atom. The second kappa shape index (κ2) is 12.0. The number of aryl methyl sites for hydroxylation is 1. The topological polar surface area (TPSA) is 186 Å². The van der Waals surface area contributed by atoms with Gasteiger partial charge in [0.05, 0.1) is 11.3 Å². The van der Waals surface area contributed by atoms with Crippen molar-refractivity contribution in [2.45, 2.75) is 38.8 Å². The summed E-state index contributed by atoms with van der Waals surface area (Å²) in [7, 11) is 0. The molecule has 1 aliphatic carbocycles. The number of nitrogens with zero attached hydrogens (tertiary/aromatic N) is 2. The molecule has 1 amide bonds. The molecule has 0 saturated carbocycles. The summed E-state index contributed by atoms with van der Waals surface area (Å²) in [4.78, 5) is 54.4. The van der Waals surface area contributed by atoms with Crippen LogP contribution in [0.5, 0.6) is 5.75 Å². The second-order valence-electron chi connectivity index (χ2n) is 9.45. The molecular weight excluding hydrogens is 536 g/mol. The van der Waals surface area contributed by atoms with Crippen LogP contribution >= 0.6 is 11.3 Å². The SMILES string of the molecule is C[C@H](C(=O)O)N(Cc1csc(C(=O)O)c1)C(=O)C1CCc2cc(OC(=O)c3ccc(N=C(N)N)cc3)ccc2C1. The number of ether oxygens (including phenoxy) is 1. The van der Waals surface area contributed by atoms with Crippen LogP contribution in [0.2, 0.25) is 0 Å². The van der Waals surface area contributed by atoms with Crippen LogP contribution in [0.3, 0.4) is 0 Å². The molecule has 6 N–H and O–H groups in total. The molecular formula is C28H28N4O7S. The van der Waals surface area contributed by atoms with E-state index in [0.717, 1.165) is 22.5 Å². The van der Waals surface area contributed by atoms with E-state index in [1.807, 2.05) is 6.07 Å². The molecule has 12 heteroatoms. The fourth-order valence-corrected chi connectivity index (χ4v) is 5.27. The Hall–Kier alpha value is -4.71. The number of hydrogen-bond acceptors (Lipinski definition) is 7. The van der Waals surface area contributed by atoms with Gasteiger partial charge < -0.3 is 31.3 Å². The van der Waals surface area contributed by atoms with Crippen molar-refractivity contribution >= 4 is 46.8 Å². The van der Waals surface area contributed by atoms with Gasteiger partial charge in [-0.05, 0) is 90.7 Å². The molecule has 11 nitrogen and oxygen atoms in total. The lowest BCUT2D eigenvalue weighted by molar-refractivity contribution is -0.152. The van der Waals surface area contributed by atoms with E-state index < -0.39 is 29.9 Å². The summed E-state index contributed by atoms with van der Waals surface area (Å²) in [5.74, 6) is -3.22. The van der Waals surface area contributed by atoms with Crippen molar-refractivity contribution < 1.29 is 34.1 Å². The van der Waals surface area contributed by atoms with E-state index in [9.17, 15) is 29.4 Å². The number of amides is 1. The number of rotatable bonds is 9. The number of esters is 1. The molecule has 0 radical (unpaired) electrons. The van der Waals surface area contributed by atoms with Crippen molar-refractivity contribution in [2.75, 3.05) is 0 Å². The highest BCUT2D eigenvalue weighted by atomic mass is 32.1. The van der Waals surface area contributed by atoms with Gasteiger partial charge in [0.1, 0.15) is 16.7 Å². The van der Waals surface area contributed by atoms with Gasteiger partial charge in [-0.25, -0.2) is 19.4 Å². The van der Waals surface area contributed by atoms with Crippen LogP contribution in [0.25, 0.3) is 0 Å². The van der Waals surface area contributed by atoms with Crippen LogP contribution in [0, 0.1) is 5.92 Å². The van der Waals surface area contributed by atoms with Crippen molar-refractivity contribution in [3.8, 4) is 5.75 Å². The number of nitrogens with two attached hydrogens (primary N) is 2. The number of carboxylic acid groups (broad SMARTS) is 2. The summed E-state index contributed by atoms with van der Waals surface area (Å²) in [6.07, 6.45) is 1.44. The van der Waals surface area contributed by atoms with Gasteiger partial charge >= 0.3 is 17.9 Å². The van der Waals surface area contributed by atoms with Crippen LogP contribution in [-0.2, 0) is 29.0 Å².